The van der Waals surface area contributed by atoms with Crippen LogP contribution in [0.4, 0.5) is 0 Å². The number of rotatable bonds is 4. The molecule has 3 rings (SSSR count). The second-order valence-electron chi connectivity index (χ2n) is 6.64. The highest BCUT2D eigenvalue weighted by Gasteiger charge is 2.26. The maximum Gasteiger partial charge on any atom is 0.226 e. The maximum atomic E-state index is 12.7. The van der Waals surface area contributed by atoms with Gasteiger partial charge in [0.2, 0.25) is 5.91 Å². The van der Waals surface area contributed by atoms with Crippen molar-refractivity contribution in [1.82, 2.24) is 19.6 Å². The van der Waals surface area contributed by atoms with Gasteiger partial charge in [-0.15, -0.1) is 0 Å². The number of allylic oxidation sites excluding steroid dienone is 2. The molecule has 126 valence electrons. The molecule has 23 heavy (non-hydrogen) atoms. The van der Waals surface area contributed by atoms with Gasteiger partial charge in [-0.1, -0.05) is 12.2 Å². The summed E-state index contributed by atoms with van der Waals surface area (Å²) >= 11 is 0. The van der Waals surface area contributed by atoms with Crippen molar-refractivity contribution in [3.05, 3.63) is 30.1 Å². The summed E-state index contributed by atoms with van der Waals surface area (Å²) in [6.45, 7) is 7.75. The molecule has 0 bridgehead atoms. The molecular formula is C18H28N4O. The first kappa shape index (κ1) is 16.2. The van der Waals surface area contributed by atoms with Crippen molar-refractivity contribution in [1.29, 1.82) is 0 Å². The van der Waals surface area contributed by atoms with Crippen molar-refractivity contribution in [3.8, 4) is 0 Å². The van der Waals surface area contributed by atoms with Gasteiger partial charge in [0.15, 0.2) is 0 Å². The predicted octanol–water partition coefficient (Wildman–Crippen LogP) is 2.29. The van der Waals surface area contributed by atoms with Crippen LogP contribution in [0.1, 0.15) is 38.2 Å². The lowest BCUT2D eigenvalue weighted by molar-refractivity contribution is -0.135. The van der Waals surface area contributed by atoms with Gasteiger partial charge in [0.1, 0.15) is 0 Å². The summed E-state index contributed by atoms with van der Waals surface area (Å²) in [5, 5.41) is 4.35. The van der Waals surface area contributed by atoms with Crippen molar-refractivity contribution in [2.24, 2.45) is 5.92 Å². The number of carbonyl (C=O) groups is 1. The Morgan fingerprint density at radius 1 is 1.26 bits per heavy atom. The van der Waals surface area contributed by atoms with Crippen molar-refractivity contribution in [3.63, 3.8) is 0 Å². The Bertz CT molecular complexity index is 551. The third-order valence-corrected chi connectivity index (χ3v) is 4.94. The van der Waals surface area contributed by atoms with E-state index in [9.17, 15) is 4.79 Å². The fraction of sp³-hybridized carbons (Fsp3) is 0.667. The van der Waals surface area contributed by atoms with Crippen LogP contribution in [0, 0.1) is 5.92 Å². The molecule has 1 saturated heterocycles. The Morgan fingerprint density at radius 3 is 2.91 bits per heavy atom. The lowest BCUT2D eigenvalue weighted by atomic mass is 9.93. The Morgan fingerprint density at radius 2 is 2.17 bits per heavy atom. The second-order valence-corrected chi connectivity index (χ2v) is 6.64. The number of nitrogens with zero attached hydrogens (tertiary/aromatic N) is 4. The van der Waals surface area contributed by atoms with E-state index in [0.717, 1.165) is 65.0 Å². The van der Waals surface area contributed by atoms with E-state index in [1.807, 2.05) is 10.9 Å². The van der Waals surface area contributed by atoms with Gasteiger partial charge in [0.25, 0.3) is 0 Å². The van der Waals surface area contributed by atoms with Gasteiger partial charge < -0.3 is 4.90 Å². The normalized spacial score (nSPS) is 23.0. The molecule has 0 saturated carbocycles. The van der Waals surface area contributed by atoms with E-state index in [0.29, 0.717) is 5.91 Å². The third kappa shape index (κ3) is 4.22. The number of hydrogen-bond donors (Lipinski definition) is 0. The van der Waals surface area contributed by atoms with E-state index in [1.165, 1.54) is 5.56 Å². The zero-order chi connectivity index (χ0) is 16.1. The molecule has 1 aromatic rings. The summed E-state index contributed by atoms with van der Waals surface area (Å²) in [7, 11) is 0. The zero-order valence-corrected chi connectivity index (χ0v) is 14.2. The Labute approximate surface area is 138 Å². The molecule has 1 aliphatic carbocycles. The van der Waals surface area contributed by atoms with Gasteiger partial charge in [0.05, 0.1) is 6.20 Å². The Kier molecular flexibility index (Phi) is 5.49. The summed E-state index contributed by atoms with van der Waals surface area (Å²) < 4.78 is 1.97. The molecule has 5 nitrogen and oxygen atoms in total. The summed E-state index contributed by atoms with van der Waals surface area (Å²) in [4.78, 5) is 17.2. The molecule has 0 radical (unpaired) electrons. The van der Waals surface area contributed by atoms with Gasteiger partial charge in [-0.25, -0.2) is 0 Å². The average molecular weight is 316 g/mol. The molecule has 0 aromatic carbocycles. The number of hydrogen-bond acceptors (Lipinski definition) is 3. The third-order valence-electron chi connectivity index (χ3n) is 4.94. The molecule has 0 spiro atoms. The highest BCUT2D eigenvalue weighted by atomic mass is 16.2. The van der Waals surface area contributed by atoms with Crippen LogP contribution in [-0.2, 0) is 17.9 Å². The standard InChI is InChI=1S/C18H28N4O/c1-2-22-15-16(13-19-22)14-20-9-6-10-21(12-11-20)18(23)17-7-4-3-5-8-17/h3-4,13,15,17H,2,5-12,14H2,1H3/t17-/m1/s1. The molecule has 2 heterocycles. The first-order valence-corrected chi connectivity index (χ1v) is 8.93. The largest absolute Gasteiger partial charge is 0.341 e. The fourth-order valence-electron chi connectivity index (χ4n) is 3.54. The molecule has 0 N–H and O–H groups in total. The number of aryl methyl sites for hydroxylation is 1. The van der Waals surface area contributed by atoms with Gasteiger partial charge in [-0.3, -0.25) is 14.4 Å². The van der Waals surface area contributed by atoms with Crippen molar-refractivity contribution >= 4 is 5.91 Å². The van der Waals surface area contributed by atoms with Crippen molar-refractivity contribution < 1.29 is 4.79 Å². The monoisotopic (exact) mass is 316 g/mol. The van der Waals surface area contributed by atoms with E-state index in [2.05, 4.69) is 40.2 Å². The number of aromatic nitrogens is 2. The van der Waals surface area contributed by atoms with Gasteiger partial charge >= 0.3 is 0 Å². The smallest absolute Gasteiger partial charge is 0.226 e. The Hall–Kier alpha value is -1.62. The quantitative estimate of drug-likeness (QED) is 0.800. The average Bonchev–Trinajstić information content (AvgIpc) is 2.92. The van der Waals surface area contributed by atoms with Crippen molar-refractivity contribution in [2.45, 2.75) is 45.7 Å². The molecule has 1 aliphatic heterocycles. The number of amides is 1. The van der Waals surface area contributed by atoms with Crippen LogP contribution in [0.2, 0.25) is 0 Å². The summed E-state index contributed by atoms with van der Waals surface area (Å²) in [5.41, 5.74) is 1.27. The zero-order valence-electron chi connectivity index (χ0n) is 14.2. The number of carbonyl (C=O) groups excluding carboxylic acids is 1. The highest BCUT2D eigenvalue weighted by Crippen LogP contribution is 2.21. The van der Waals surface area contributed by atoms with Crippen LogP contribution in [0.3, 0.4) is 0 Å². The molecule has 1 amide bonds. The molecule has 1 aromatic heterocycles. The molecule has 5 heteroatoms. The molecule has 0 unspecified atom stereocenters. The van der Waals surface area contributed by atoms with E-state index < -0.39 is 0 Å². The Balaban J connectivity index is 1.52. The lowest BCUT2D eigenvalue weighted by Crippen LogP contribution is -2.39. The molecule has 2 aliphatic rings. The minimum atomic E-state index is 0.217. The lowest BCUT2D eigenvalue weighted by Gasteiger charge is -2.27. The van der Waals surface area contributed by atoms with E-state index >= 15 is 0 Å². The predicted molar refractivity (Wildman–Crippen MR) is 90.9 cm³/mol. The minimum Gasteiger partial charge on any atom is -0.341 e. The van der Waals surface area contributed by atoms with Crippen LogP contribution < -0.4 is 0 Å². The van der Waals surface area contributed by atoms with Gasteiger partial charge in [-0.05, 0) is 32.6 Å². The van der Waals surface area contributed by atoms with Gasteiger partial charge in [-0.2, -0.15) is 5.10 Å². The van der Waals surface area contributed by atoms with E-state index in [4.69, 9.17) is 0 Å². The summed E-state index contributed by atoms with van der Waals surface area (Å²) in [5.74, 6) is 0.587. The summed E-state index contributed by atoms with van der Waals surface area (Å²) in [6, 6.07) is 0. The van der Waals surface area contributed by atoms with Crippen LogP contribution >= 0.6 is 0 Å². The van der Waals surface area contributed by atoms with Crippen LogP contribution in [-0.4, -0.2) is 51.7 Å². The maximum absolute atomic E-state index is 12.7. The van der Waals surface area contributed by atoms with Gasteiger partial charge in [0, 0.05) is 56.9 Å². The van der Waals surface area contributed by atoms with E-state index in [1.54, 1.807) is 0 Å². The topological polar surface area (TPSA) is 41.4 Å². The first-order chi connectivity index (χ1) is 11.3. The SMILES string of the molecule is CCn1cc(CN2CCCN(C(=O)[C@@H]3CC=CCC3)CC2)cn1. The van der Waals surface area contributed by atoms with E-state index in [-0.39, 0.29) is 5.92 Å². The second kappa shape index (κ2) is 7.77. The van der Waals surface area contributed by atoms with Crippen LogP contribution in [0.15, 0.2) is 24.5 Å². The minimum absolute atomic E-state index is 0.217. The highest BCUT2D eigenvalue weighted by molar-refractivity contribution is 5.79. The van der Waals surface area contributed by atoms with Crippen LogP contribution in [0.25, 0.3) is 0 Å². The molecular weight excluding hydrogens is 288 g/mol. The fourth-order valence-corrected chi connectivity index (χ4v) is 3.54. The van der Waals surface area contributed by atoms with Crippen LogP contribution in [0.5, 0.6) is 0 Å². The van der Waals surface area contributed by atoms with Crippen molar-refractivity contribution in [2.75, 3.05) is 26.2 Å². The first-order valence-electron chi connectivity index (χ1n) is 8.93. The molecule has 1 fully saturated rings. The summed E-state index contributed by atoms with van der Waals surface area (Å²) in [6.07, 6.45) is 12.5. The molecule has 1 atom stereocenters.